The van der Waals surface area contributed by atoms with Gasteiger partial charge >= 0.3 is 0 Å². The molecule has 0 saturated carbocycles. The van der Waals surface area contributed by atoms with E-state index in [-0.39, 0.29) is 0 Å². The number of rotatable bonds is 8. The molecule has 4 N–H and O–H groups in total. The molecule has 5 nitrogen and oxygen atoms in total. The zero-order valence-electron chi connectivity index (χ0n) is 10.5. The Hall–Kier alpha value is -0.460. The Morgan fingerprint density at radius 1 is 1.56 bits per heavy atom. The minimum Gasteiger partial charge on any atom is -0.385 e. The van der Waals surface area contributed by atoms with Crippen LogP contribution >= 0.6 is 11.8 Å². The van der Waals surface area contributed by atoms with E-state index in [1.807, 2.05) is 11.8 Å². The molecule has 0 fully saturated rings. The number of hydrogen-bond donors (Lipinski definition) is 3. The highest BCUT2D eigenvalue weighted by Gasteiger charge is 2.00. The Kier molecular flexibility index (Phi) is 10.7. The number of aliphatic imine (C=N–C) groups is 1. The summed E-state index contributed by atoms with van der Waals surface area (Å²) in [5.74, 6) is 6.01. The number of methoxy groups -OCH3 is 1. The number of nitrogens with one attached hydrogen (secondary N) is 2. The highest BCUT2D eigenvalue weighted by atomic mass is 32.2. The van der Waals surface area contributed by atoms with Crippen molar-refractivity contribution < 1.29 is 4.74 Å². The molecule has 1 atom stereocenters. The zero-order valence-corrected chi connectivity index (χ0v) is 11.3. The number of ether oxygens (including phenoxy) is 1. The van der Waals surface area contributed by atoms with Gasteiger partial charge in [-0.1, -0.05) is 6.92 Å². The normalized spacial score (nSPS) is 13.6. The first-order valence-corrected chi connectivity index (χ1v) is 6.80. The van der Waals surface area contributed by atoms with Crippen molar-refractivity contribution in [1.82, 2.24) is 10.7 Å². The van der Waals surface area contributed by atoms with E-state index in [1.165, 1.54) is 0 Å². The summed E-state index contributed by atoms with van der Waals surface area (Å²) in [6.45, 7) is 4.54. The summed E-state index contributed by atoms with van der Waals surface area (Å²) in [4.78, 5) is 4.29. The standard InChI is InChI=1S/C10H24N4OS/c1-9(16-3)5-7-13-10(14-11)12-6-4-8-15-2/h9H,4-8,11H2,1-3H3,(H2,12,13,14). The summed E-state index contributed by atoms with van der Waals surface area (Å²) in [5, 5.41) is 3.82. The van der Waals surface area contributed by atoms with Crippen molar-refractivity contribution in [2.24, 2.45) is 10.8 Å². The van der Waals surface area contributed by atoms with Crippen molar-refractivity contribution in [3.63, 3.8) is 0 Å². The van der Waals surface area contributed by atoms with E-state index in [1.54, 1.807) is 7.11 Å². The van der Waals surface area contributed by atoms with E-state index in [4.69, 9.17) is 10.6 Å². The van der Waals surface area contributed by atoms with Crippen LogP contribution in [0, 0.1) is 0 Å². The molecule has 0 spiro atoms. The fourth-order valence-corrected chi connectivity index (χ4v) is 1.42. The van der Waals surface area contributed by atoms with Crippen LogP contribution in [0.2, 0.25) is 0 Å². The van der Waals surface area contributed by atoms with Gasteiger partial charge in [0, 0.05) is 32.1 Å². The molecule has 0 aliphatic rings. The molecule has 0 rings (SSSR count). The molecule has 6 heteroatoms. The first-order chi connectivity index (χ1) is 7.74. The first-order valence-electron chi connectivity index (χ1n) is 5.51. The number of thioether (sulfide) groups is 1. The largest absolute Gasteiger partial charge is 0.385 e. The van der Waals surface area contributed by atoms with E-state index >= 15 is 0 Å². The number of hydrazine groups is 1. The summed E-state index contributed by atoms with van der Waals surface area (Å²) in [6.07, 6.45) is 4.12. The molecule has 0 heterocycles. The summed E-state index contributed by atoms with van der Waals surface area (Å²) in [5.41, 5.74) is 2.56. The van der Waals surface area contributed by atoms with Crippen LogP contribution in [0.4, 0.5) is 0 Å². The van der Waals surface area contributed by atoms with Gasteiger partial charge in [-0.3, -0.25) is 10.4 Å². The van der Waals surface area contributed by atoms with E-state index in [0.717, 1.165) is 32.5 Å². The monoisotopic (exact) mass is 248 g/mol. The highest BCUT2D eigenvalue weighted by molar-refractivity contribution is 7.99. The van der Waals surface area contributed by atoms with Crippen LogP contribution < -0.4 is 16.6 Å². The summed E-state index contributed by atoms with van der Waals surface area (Å²) in [7, 11) is 1.69. The van der Waals surface area contributed by atoms with Gasteiger partial charge in [0.15, 0.2) is 0 Å². The molecule has 0 bridgehead atoms. The Labute approximate surface area is 103 Å². The Morgan fingerprint density at radius 2 is 2.31 bits per heavy atom. The average Bonchev–Trinajstić information content (AvgIpc) is 2.31. The SMILES string of the molecule is COCCCN=C(NN)NCCC(C)SC. The third kappa shape index (κ3) is 8.82. The number of nitrogens with zero attached hydrogens (tertiary/aromatic N) is 1. The molecular weight excluding hydrogens is 224 g/mol. The highest BCUT2D eigenvalue weighted by Crippen LogP contribution is 2.07. The fourth-order valence-electron chi connectivity index (χ4n) is 1.06. The molecule has 0 aromatic heterocycles. The molecule has 0 aromatic carbocycles. The molecule has 0 aliphatic carbocycles. The number of guanidine groups is 1. The van der Waals surface area contributed by atoms with Gasteiger partial charge < -0.3 is 10.1 Å². The van der Waals surface area contributed by atoms with Crippen LogP contribution in [0.15, 0.2) is 4.99 Å². The van der Waals surface area contributed by atoms with Gasteiger partial charge in [0.05, 0.1) is 0 Å². The van der Waals surface area contributed by atoms with Crippen molar-refractivity contribution in [1.29, 1.82) is 0 Å². The van der Waals surface area contributed by atoms with Gasteiger partial charge in [-0.2, -0.15) is 11.8 Å². The second kappa shape index (κ2) is 11.0. The van der Waals surface area contributed by atoms with Gasteiger partial charge in [0.2, 0.25) is 5.96 Å². The van der Waals surface area contributed by atoms with Gasteiger partial charge in [0.25, 0.3) is 0 Å². The zero-order chi connectivity index (χ0) is 12.2. The van der Waals surface area contributed by atoms with Gasteiger partial charge in [-0.05, 0) is 19.1 Å². The predicted octanol–water partition coefficient (Wildman–Crippen LogP) is 0.573. The van der Waals surface area contributed by atoms with Gasteiger partial charge in [-0.25, -0.2) is 5.84 Å². The molecule has 0 aromatic rings. The van der Waals surface area contributed by atoms with Crippen LogP contribution in [-0.4, -0.2) is 44.3 Å². The summed E-state index contributed by atoms with van der Waals surface area (Å²) in [6, 6.07) is 0. The lowest BCUT2D eigenvalue weighted by Gasteiger charge is -2.11. The fraction of sp³-hybridized carbons (Fsp3) is 0.900. The maximum absolute atomic E-state index is 5.36. The van der Waals surface area contributed by atoms with Crippen LogP contribution in [-0.2, 0) is 4.74 Å². The van der Waals surface area contributed by atoms with Crippen molar-refractivity contribution in [2.45, 2.75) is 25.0 Å². The molecule has 0 amide bonds. The Balaban J connectivity index is 3.64. The van der Waals surface area contributed by atoms with Gasteiger partial charge in [0.1, 0.15) is 0 Å². The van der Waals surface area contributed by atoms with Crippen molar-refractivity contribution in [3.8, 4) is 0 Å². The van der Waals surface area contributed by atoms with Crippen LogP contribution in [0.25, 0.3) is 0 Å². The third-order valence-corrected chi connectivity index (χ3v) is 3.20. The van der Waals surface area contributed by atoms with E-state index in [9.17, 15) is 0 Å². The third-order valence-electron chi connectivity index (χ3n) is 2.16. The van der Waals surface area contributed by atoms with E-state index < -0.39 is 0 Å². The minimum atomic E-state index is 0.653. The first kappa shape index (κ1) is 15.5. The molecular formula is C10H24N4OS. The average molecular weight is 248 g/mol. The second-order valence-electron chi connectivity index (χ2n) is 3.48. The molecule has 1 unspecified atom stereocenters. The predicted molar refractivity (Wildman–Crippen MR) is 71.7 cm³/mol. The molecule has 96 valence electrons. The van der Waals surface area contributed by atoms with E-state index in [2.05, 4.69) is 28.9 Å². The Morgan fingerprint density at radius 3 is 2.88 bits per heavy atom. The number of hydrogen-bond acceptors (Lipinski definition) is 4. The lowest BCUT2D eigenvalue weighted by molar-refractivity contribution is 0.197. The van der Waals surface area contributed by atoms with Crippen molar-refractivity contribution >= 4 is 17.7 Å². The maximum Gasteiger partial charge on any atom is 0.205 e. The van der Waals surface area contributed by atoms with E-state index in [0.29, 0.717) is 11.2 Å². The Bertz CT molecular complexity index is 190. The van der Waals surface area contributed by atoms with Crippen LogP contribution in [0.1, 0.15) is 19.8 Å². The van der Waals surface area contributed by atoms with Crippen LogP contribution in [0.5, 0.6) is 0 Å². The quantitative estimate of drug-likeness (QED) is 0.193. The molecule has 0 aliphatic heterocycles. The second-order valence-corrected chi connectivity index (χ2v) is 4.76. The molecule has 0 saturated heterocycles. The van der Waals surface area contributed by atoms with Crippen LogP contribution in [0.3, 0.4) is 0 Å². The smallest absolute Gasteiger partial charge is 0.205 e. The minimum absolute atomic E-state index is 0.653. The van der Waals surface area contributed by atoms with Crippen molar-refractivity contribution in [2.75, 3.05) is 33.1 Å². The lowest BCUT2D eigenvalue weighted by atomic mass is 10.3. The maximum atomic E-state index is 5.36. The summed E-state index contributed by atoms with van der Waals surface area (Å²) < 4.78 is 4.94. The topological polar surface area (TPSA) is 71.7 Å². The van der Waals surface area contributed by atoms with Crippen molar-refractivity contribution in [3.05, 3.63) is 0 Å². The van der Waals surface area contributed by atoms with Gasteiger partial charge in [-0.15, -0.1) is 0 Å². The summed E-state index contributed by atoms with van der Waals surface area (Å²) >= 11 is 1.86. The molecule has 16 heavy (non-hydrogen) atoms. The molecule has 0 radical (unpaired) electrons. The number of nitrogens with two attached hydrogens (primary N) is 1. The lowest BCUT2D eigenvalue weighted by Crippen LogP contribution is -2.42.